The van der Waals surface area contributed by atoms with Gasteiger partial charge in [-0.25, -0.2) is 0 Å². The number of rotatable bonds is 6. The maximum absolute atomic E-state index is 11.2. The Morgan fingerprint density at radius 1 is 1.50 bits per heavy atom. The molecule has 5 heteroatoms. The molecule has 1 unspecified atom stereocenters. The van der Waals surface area contributed by atoms with Crippen LogP contribution in [0.5, 0.6) is 5.75 Å². The topological polar surface area (TPSA) is 49.3 Å². The highest BCUT2D eigenvalue weighted by molar-refractivity contribution is 9.10. The Balaban J connectivity index is 2.32. The summed E-state index contributed by atoms with van der Waals surface area (Å²) in [6.45, 7) is 3.39. The summed E-state index contributed by atoms with van der Waals surface area (Å²) >= 11 is 3.26. The van der Waals surface area contributed by atoms with Crippen LogP contribution < -0.4 is 5.32 Å². The van der Waals surface area contributed by atoms with Crippen molar-refractivity contribution >= 4 is 26.7 Å². The monoisotopic (exact) mass is 305 g/mol. The van der Waals surface area contributed by atoms with Gasteiger partial charge in [0.15, 0.2) is 0 Å². The molecule has 0 aromatic heterocycles. The molecule has 0 amide bonds. The SMILES string of the molecule is CCS(=O)CCNCc1ccc(O)c(Br)c1. The molecule has 0 spiro atoms. The summed E-state index contributed by atoms with van der Waals surface area (Å²) in [6, 6.07) is 5.40. The highest BCUT2D eigenvalue weighted by Crippen LogP contribution is 2.23. The zero-order valence-electron chi connectivity index (χ0n) is 9.20. The maximum Gasteiger partial charge on any atom is 0.129 e. The molecule has 90 valence electrons. The molecule has 0 aliphatic carbocycles. The molecule has 0 radical (unpaired) electrons. The first-order valence-electron chi connectivity index (χ1n) is 5.16. The molecule has 1 aromatic carbocycles. The first-order chi connectivity index (χ1) is 7.63. The van der Waals surface area contributed by atoms with Gasteiger partial charge in [0.25, 0.3) is 0 Å². The van der Waals surface area contributed by atoms with Crippen molar-refractivity contribution in [2.45, 2.75) is 13.5 Å². The van der Waals surface area contributed by atoms with Gasteiger partial charge in [-0.3, -0.25) is 4.21 Å². The van der Waals surface area contributed by atoms with Crippen molar-refractivity contribution in [2.24, 2.45) is 0 Å². The second-order valence-corrected chi connectivity index (χ2v) is 6.11. The summed E-state index contributed by atoms with van der Waals surface area (Å²) in [7, 11) is -0.705. The van der Waals surface area contributed by atoms with E-state index in [-0.39, 0.29) is 5.75 Å². The molecule has 2 N–H and O–H groups in total. The number of halogens is 1. The van der Waals surface area contributed by atoms with E-state index in [1.165, 1.54) is 0 Å². The second kappa shape index (κ2) is 7.04. The van der Waals surface area contributed by atoms with Crippen molar-refractivity contribution < 1.29 is 9.32 Å². The van der Waals surface area contributed by atoms with Gasteiger partial charge in [0, 0.05) is 35.4 Å². The lowest BCUT2D eigenvalue weighted by Gasteiger charge is -2.05. The summed E-state index contributed by atoms with van der Waals surface area (Å²) in [6.07, 6.45) is 0. The van der Waals surface area contributed by atoms with Crippen molar-refractivity contribution in [2.75, 3.05) is 18.1 Å². The van der Waals surface area contributed by atoms with Gasteiger partial charge in [-0.1, -0.05) is 13.0 Å². The summed E-state index contributed by atoms with van der Waals surface area (Å²) < 4.78 is 11.9. The second-order valence-electron chi connectivity index (χ2n) is 3.40. The number of benzene rings is 1. The fourth-order valence-corrected chi connectivity index (χ4v) is 2.31. The van der Waals surface area contributed by atoms with Gasteiger partial charge in [0.05, 0.1) is 4.47 Å². The highest BCUT2D eigenvalue weighted by atomic mass is 79.9. The van der Waals surface area contributed by atoms with E-state index in [9.17, 15) is 9.32 Å². The van der Waals surface area contributed by atoms with Crippen molar-refractivity contribution in [1.29, 1.82) is 0 Å². The fourth-order valence-electron chi connectivity index (χ4n) is 1.22. The first-order valence-corrected chi connectivity index (χ1v) is 7.44. The van der Waals surface area contributed by atoms with Crippen molar-refractivity contribution in [1.82, 2.24) is 5.32 Å². The normalized spacial score (nSPS) is 12.6. The zero-order valence-corrected chi connectivity index (χ0v) is 11.6. The third-order valence-electron chi connectivity index (χ3n) is 2.17. The maximum atomic E-state index is 11.2. The van der Waals surface area contributed by atoms with Crippen LogP contribution in [0, 0.1) is 0 Å². The number of nitrogens with one attached hydrogen (secondary N) is 1. The minimum Gasteiger partial charge on any atom is -0.507 e. The van der Waals surface area contributed by atoms with Crippen LogP contribution in [0.1, 0.15) is 12.5 Å². The molecule has 1 atom stereocenters. The molecule has 0 heterocycles. The van der Waals surface area contributed by atoms with Crippen LogP contribution in [0.15, 0.2) is 22.7 Å². The van der Waals surface area contributed by atoms with E-state index in [0.29, 0.717) is 16.0 Å². The quantitative estimate of drug-likeness (QED) is 0.791. The van der Waals surface area contributed by atoms with Gasteiger partial charge < -0.3 is 10.4 Å². The van der Waals surface area contributed by atoms with E-state index in [1.807, 2.05) is 19.1 Å². The van der Waals surface area contributed by atoms with Crippen molar-refractivity contribution in [3.8, 4) is 5.75 Å². The van der Waals surface area contributed by atoms with E-state index >= 15 is 0 Å². The lowest BCUT2D eigenvalue weighted by Crippen LogP contribution is -2.20. The van der Waals surface area contributed by atoms with Crippen molar-refractivity contribution in [3.63, 3.8) is 0 Å². The lowest BCUT2D eigenvalue weighted by molar-refractivity contribution is 0.471. The molecule has 1 rings (SSSR count). The summed E-state index contributed by atoms with van der Waals surface area (Å²) in [4.78, 5) is 0. The highest BCUT2D eigenvalue weighted by Gasteiger charge is 2.00. The van der Waals surface area contributed by atoms with Crippen molar-refractivity contribution in [3.05, 3.63) is 28.2 Å². The predicted octanol–water partition coefficient (Wildman–Crippen LogP) is 2.01. The van der Waals surface area contributed by atoms with E-state index in [2.05, 4.69) is 21.2 Å². The Bertz CT molecular complexity index is 371. The summed E-state index contributed by atoms with van der Waals surface area (Å²) in [5.41, 5.74) is 1.09. The van der Waals surface area contributed by atoms with E-state index in [0.717, 1.165) is 18.7 Å². The van der Waals surface area contributed by atoms with Crippen LogP contribution in [0.25, 0.3) is 0 Å². The molecule has 16 heavy (non-hydrogen) atoms. The number of hydrogen-bond donors (Lipinski definition) is 2. The Morgan fingerprint density at radius 2 is 2.25 bits per heavy atom. The Kier molecular flexibility index (Phi) is 6.01. The fraction of sp³-hybridized carbons (Fsp3) is 0.455. The molecule has 1 aromatic rings. The van der Waals surface area contributed by atoms with Gasteiger partial charge in [-0.05, 0) is 33.6 Å². The lowest BCUT2D eigenvalue weighted by atomic mass is 10.2. The van der Waals surface area contributed by atoms with Gasteiger partial charge in [-0.2, -0.15) is 0 Å². The molecule has 0 fully saturated rings. The molecule has 0 saturated carbocycles. The van der Waals surface area contributed by atoms with Gasteiger partial charge in [0.2, 0.25) is 0 Å². The van der Waals surface area contributed by atoms with Gasteiger partial charge >= 0.3 is 0 Å². The molecular formula is C11H16BrNO2S. The molecule has 0 saturated heterocycles. The molecule has 0 bridgehead atoms. The van der Waals surface area contributed by atoms with Gasteiger partial charge in [-0.15, -0.1) is 0 Å². The minimum atomic E-state index is -0.705. The zero-order chi connectivity index (χ0) is 12.0. The average Bonchev–Trinajstić information content (AvgIpc) is 2.28. The van der Waals surface area contributed by atoms with E-state index < -0.39 is 10.8 Å². The third-order valence-corrected chi connectivity index (χ3v) is 4.11. The summed E-state index contributed by atoms with van der Waals surface area (Å²) in [5.74, 6) is 1.65. The third kappa shape index (κ3) is 4.63. The van der Waals surface area contributed by atoms with Crippen LogP contribution >= 0.6 is 15.9 Å². The van der Waals surface area contributed by atoms with E-state index in [1.54, 1.807) is 6.07 Å². The van der Waals surface area contributed by atoms with Crippen LogP contribution in [-0.4, -0.2) is 27.4 Å². The average molecular weight is 306 g/mol. The molecule has 0 aliphatic rings. The molecule has 3 nitrogen and oxygen atoms in total. The minimum absolute atomic E-state index is 0.246. The van der Waals surface area contributed by atoms with Crippen LogP contribution in [0.3, 0.4) is 0 Å². The predicted molar refractivity (Wildman–Crippen MR) is 71.1 cm³/mol. The standard InChI is InChI=1S/C11H16BrNO2S/c1-2-16(15)6-5-13-8-9-3-4-11(14)10(12)7-9/h3-4,7,13-14H,2,5-6,8H2,1H3. The number of phenols is 1. The summed E-state index contributed by atoms with van der Waals surface area (Å²) in [5, 5.41) is 12.5. The van der Waals surface area contributed by atoms with Crippen LogP contribution in [-0.2, 0) is 17.3 Å². The smallest absolute Gasteiger partial charge is 0.129 e. The van der Waals surface area contributed by atoms with Crippen LogP contribution in [0.4, 0.5) is 0 Å². The van der Waals surface area contributed by atoms with E-state index in [4.69, 9.17) is 0 Å². The molecule has 0 aliphatic heterocycles. The Morgan fingerprint density at radius 3 is 2.88 bits per heavy atom. The number of phenolic OH excluding ortho intramolecular Hbond substituents is 1. The largest absolute Gasteiger partial charge is 0.507 e. The Hall–Kier alpha value is -0.390. The Labute approximate surface area is 107 Å². The number of hydrogen-bond acceptors (Lipinski definition) is 3. The van der Waals surface area contributed by atoms with Crippen LogP contribution in [0.2, 0.25) is 0 Å². The van der Waals surface area contributed by atoms with Gasteiger partial charge in [0.1, 0.15) is 5.75 Å². The molecular weight excluding hydrogens is 290 g/mol. The first kappa shape index (κ1) is 13.7. The number of aromatic hydroxyl groups is 1.